The van der Waals surface area contributed by atoms with Crippen molar-refractivity contribution in [3.63, 3.8) is 0 Å². The fourth-order valence-corrected chi connectivity index (χ4v) is 1.64. The van der Waals surface area contributed by atoms with Crippen molar-refractivity contribution in [2.75, 3.05) is 33.5 Å². The molecular weight excluding hydrogens is 212 g/mol. The topological polar surface area (TPSA) is 43.4 Å². The molecule has 15 heavy (non-hydrogen) atoms. The Hall–Kier alpha value is -0.490. The van der Waals surface area contributed by atoms with Crippen molar-refractivity contribution in [2.45, 2.75) is 13.0 Å². The first-order valence-electron chi connectivity index (χ1n) is 5.08. The second kappa shape index (κ2) is 8.79. The quantitative estimate of drug-likeness (QED) is 0.649. The predicted octanol–water partition coefficient (Wildman–Crippen LogP) is 1.29. The fourth-order valence-electron chi connectivity index (χ4n) is 1.08. The van der Waals surface area contributed by atoms with E-state index >= 15 is 0 Å². The van der Waals surface area contributed by atoms with Crippen LogP contribution in [0, 0.1) is 0 Å². The molecule has 86 valence electrons. The standard InChI is InChI=1S/C10H18N2O2S/c1-13-5-6-14-4-2-3-11-7-10-8-15-9-12-10/h8-9,11H,2-7H2,1H3. The molecule has 0 unspecified atom stereocenters. The van der Waals surface area contributed by atoms with Gasteiger partial charge in [0.15, 0.2) is 0 Å². The second-order valence-electron chi connectivity index (χ2n) is 3.12. The largest absolute Gasteiger partial charge is 0.382 e. The van der Waals surface area contributed by atoms with Crippen LogP contribution in [0.1, 0.15) is 12.1 Å². The Labute approximate surface area is 94.6 Å². The number of hydrogen-bond donors (Lipinski definition) is 1. The van der Waals surface area contributed by atoms with E-state index in [-0.39, 0.29) is 0 Å². The van der Waals surface area contributed by atoms with Crippen LogP contribution >= 0.6 is 11.3 Å². The van der Waals surface area contributed by atoms with Crippen LogP contribution < -0.4 is 5.32 Å². The average molecular weight is 230 g/mol. The Balaban J connectivity index is 1.81. The van der Waals surface area contributed by atoms with Gasteiger partial charge in [0.2, 0.25) is 0 Å². The summed E-state index contributed by atoms with van der Waals surface area (Å²) < 4.78 is 10.2. The van der Waals surface area contributed by atoms with Crippen molar-refractivity contribution in [1.29, 1.82) is 0 Å². The molecule has 0 saturated carbocycles. The first kappa shape index (κ1) is 12.6. The minimum absolute atomic E-state index is 0.673. The third-order valence-electron chi connectivity index (χ3n) is 1.86. The minimum Gasteiger partial charge on any atom is -0.382 e. The smallest absolute Gasteiger partial charge is 0.0795 e. The van der Waals surface area contributed by atoms with Gasteiger partial charge < -0.3 is 14.8 Å². The molecule has 0 amide bonds. The lowest BCUT2D eigenvalue weighted by Gasteiger charge is -2.04. The van der Waals surface area contributed by atoms with Crippen LogP contribution in [0.3, 0.4) is 0 Å². The van der Waals surface area contributed by atoms with Crippen molar-refractivity contribution >= 4 is 11.3 Å². The molecule has 1 rings (SSSR count). The maximum Gasteiger partial charge on any atom is 0.0795 e. The number of ether oxygens (including phenoxy) is 2. The molecule has 1 heterocycles. The number of aromatic nitrogens is 1. The highest BCUT2D eigenvalue weighted by Crippen LogP contribution is 1.99. The van der Waals surface area contributed by atoms with Gasteiger partial charge >= 0.3 is 0 Å². The van der Waals surface area contributed by atoms with Crippen LogP contribution in [0.2, 0.25) is 0 Å². The fraction of sp³-hybridized carbons (Fsp3) is 0.700. The van der Waals surface area contributed by atoms with Crippen LogP contribution in [0.25, 0.3) is 0 Å². The van der Waals surface area contributed by atoms with Gasteiger partial charge in [-0.25, -0.2) is 4.98 Å². The van der Waals surface area contributed by atoms with Crippen molar-refractivity contribution in [1.82, 2.24) is 10.3 Å². The summed E-state index contributed by atoms with van der Waals surface area (Å²) in [5.74, 6) is 0. The van der Waals surface area contributed by atoms with E-state index in [1.54, 1.807) is 18.4 Å². The van der Waals surface area contributed by atoms with E-state index in [4.69, 9.17) is 9.47 Å². The summed E-state index contributed by atoms with van der Waals surface area (Å²) in [6.45, 7) is 3.95. The lowest BCUT2D eigenvalue weighted by atomic mass is 10.4. The van der Waals surface area contributed by atoms with Crippen molar-refractivity contribution in [2.24, 2.45) is 0 Å². The summed E-state index contributed by atoms with van der Waals surface area (Å²) >= 11 is 1.63. The zero-order valence-corrected chi connectivity index (χ0v) is 9.89. The normalized spacial score (nSPS) is 10.7. The van der Waals surface area contributed by atoms with Gasteiger partial charge in [0.1, 0.15) is 0 Å². The van der Waals surface area contributed by atoms with Gasteiger partial charge in [0.05, 0.1) is 24.4 Å². The number of nitrogens with zero attached hydrogens (tertiary/aromatic N) is 1. The lowest BCUT2D eigenvalue weighted by molar-refractivity contribution is 0.0694. The second-order valence-corrected chi connectivity index (χ2v) is 3.83. The molecule has 1 aromatic rings. The van der Waals surface area contributed by atoms with Gasteiger partial charge in [-0.05, 0) is 13.0 Å². The molecule has 0 atom stereocenters. The van der Waals surface area contributed by atoms with Gasteiger partial charge in [0.25, 0.3) is 0 Å². The molecule has 0 radical (unpaired) electrons. The number of nitrogens with one attached hydrogen (secondary N) is 1. The minimum atomic E-state index is 0.673. The highest BCUT2D eigenvalue weighted by molar-refractivity contribution is 7.07. The number of rotatable bonds is 9. The molecule has 1 aromatic heterocycles. The molecule has 4 nitrogen and oxygen atoms in total. The van der Waals surface area contributed by atoms with Gasteiger partial charge in [-0.3, -0.25) is 0 Å². The van der Waals surface area contributed by atoms with Gasteiger partial charge in [-0.15, -0.1) is 11.3 Å². The molecule has 0 fully saturated rings. The van der Waals surface area contributed by atoms with Gasteiger partial charge in [-0.2, -0.15) is 0 Å². The zero-order chi connectivity index (χ0) is 10.8. The SMILES string of the molecule is COCCOCCCNCc1cscn1. The summed E-state index contributed by atoms with van der Waals surface area (Å²) in [4.78, 5) is 4.18. The van der Waals surface area contributed by atoms with E-state index in [0.717, 1.165) is 31.8 Å². The predicted molar refractivity (Wildman–Crippen MR) is 61.1 cm³/mol. The highest BCUT2D eigenvalue weighted by Gasteiger charge is 1.93. The molecule has 1 N–H and O–H groups in total. The molecule has 0 aromatic carbocycles. The molecule has 0 aliphatic heterocycles. The van der Waals surface area contributed by atoms with E-state index in [1.807, 2.05) is 5.51 Å². The summed E-state index contributed by atoms with van der Waals surface area (Å²) in [6, 6.07) is 0. The van der Waals surface area contributed by atoms with Crippen LogP contribution in [-0.2, 0) is 16.0 Å². The van der Waals surface area contributed by atoms with Crippen LogP contribution in [0.4, 0.5) is 0 Å². The molecule has 0 saturated heterocycles. The van der Waals surface area contributed by atoms with E-state index in [9.17, 15) is 0 Å². The maximum absolute atomic E-state index is 5.33. The third-order valence-corrected chi connectivity index (χ3v) is 2.50. The molecular formula is C10H18N2O2S. The Morgan fingerprint density at radius 2 is 2.33 bits per heavy atom. The van der Waals surface area contributed by atoms with E-state index in [2.05, 4.69) is 15.7 Å². The molecule has 5 heteroatoms. The monoisotopic (exact) mass is 230 g/mol. The highest BCUT2D eigenvalue weighted by atomic mass is 32.1. The number of methoxy groups -OCH3 is 1. The molecule has 0 bridgehead atoms. The van der Waals surface area contributed by atoms with Crippen LogP contribution in [0.15, 0.2) is 10.9 Å². The van der Waals surface area contributed by atoms with Crippen molar-refractivity contribution in [3.05, 3.63) is 16.6 Å². The Morgan fingerprint density at radius 1 is 1.40 bits per heavy atom. The number of hydrogen-bond acceptors (Lipinski definition) is 5. The Morgan fingerprint density at radius 3 is 3.07 bits per heavy atom. The lowest BCUT2D eigenvalue weighted by Crippen LogP contribution is -2.17. The molecule has 0 spiro atoms. The Bertz CT molecular complexity index is 229. The van der Waals surface area contributed by atoms with Crippen LogP contribution in [0.5, 0.6) is 0 Å². The first-order chi connectivity index (χ1) is 7.43. The summed E-state index contributed by atoms with van der Waals surface area (Å²) in [7, 11) is 1.68. The first-order valence-corrected chi connectivity index (χ1v) is 6.02. The summed E-state index contributed by atoms with van der Waals surface area (Å²) in [5, 5.41) is 5.37. The van der Waals surface area contributed by atoms with Gasteiger partial charge in [-0.1, -0.05) is 0 Å². The maximum atomic E-state index is 5.33. The molecule has 0 aliphatic rings. The van der Waals surface area contributed by atoms with E-state index in [1.165, 1.54) is 0 Å². The third kappa shape index (κ3) is 6.57. The van der Waals surface area contributed by atoms with Crippen LogP contribution in [-0.4, -0.2) is 38.5 Å². The summed E-state index contributed by atoms with van der Waals surface area (Å²) in [5.41, 5.74) is 2.96. The summed E-state index contributed by atoms with van der Waals surface area (Å²) in [6.07, 6.45) is 1.02. The number of thiazole rings is 1. The van der Waals surface area contributed by atoms with Crippen molar-refractivity contribution < 1.29 is 9.47 Å². The Kier molecular flexibility index (Phi) is 7.37. The molecule has 0 aliphatic carbocycles. The van der Waals surface area contributed by atoms with Gasteiger partial charge in [0, 0.05) is 25.6 Å². The van der Waals surface area contributed by atoms with Crippen molar-refractivity contribution in [3.8, 4) is 0 Å². The average Bonchev–Trinajstić information content (AvgIpc) is 2.75. The van der Waals surface area contributed by atoms with E-state index < -0.39 is 0 Å². The zero-order valence-electron chi connectivity index (χ0n) is 9.07. The van der Waals surface area contributed by atoms with E-state index in [0.29, 0.717) is 13.2 Å².